The molecule has 0 spiro atoms. The minimum absolute atomic E-state index is 0.0813. The molecule has 3 N–H and O–H groups in total. The maximum atomic E-state index is 11.6. The van der Waals surface area contributed by atoms with E-state index in [9.17, 15) is 4.79 Å². The Balaban J connectivity index is 2.33. The molecule has 0 heterocycles. The lowest BCUT2D eigenvalue weighted by atomic mass is 10.1. The molecule has 0 radical (unpaired) electrons. The lowest BCUT2D eigenvalue weighted by Crippen LogP contribution is -2.26. The van der Waals surface area contributed by atoms with Crippen LogP contribution in [0.1, 0.15) is 31.9 Å². The van der Waals surface area contributed by atoms with Crippen molar-refractivity contribution in [2.75, 3.05) is 5.75 Å². The van der Waals surface area contributed by atoms with Crippen LogP contribution in [0.3, 0.4) is 0 Å². The molecule has 0 aliphatic rings. The Labute approximate surface area is 114 Å². The average molecular weight is 266 g/mol. The molecule has 0 saturated carbocycles. The van der Waals surface area contributed by atoms with E-state index in [0.29, 0.717) is 18.8 Å². The number of carbonyl (C=O) groups excluding carboxylic acids is 1. The molecule has 0 aliphatic heterocycles. The van der Waals surface area contributed by atoms with E-state index in [4.69, 9.17) is 5.73 Å². The molecule has 0 atom stereocenters. The van der Waals surface area contributed by atoms with Crippen LogP contribution >= 0.6 is 11.8 Å². The fraction of sp³-hybridized carbons (Fsp3) is 0.500. The molecule has 0 aliphatic carbocycles. The zero-order chi connectivity index (χ0) is 13.6. The van der Waals surface area contributed by atoms with E-state index in [0.717, 1.165) is 11.1 Å². The van der Waals surface area contributed by atoms with Crippen molar-refractivity contribution in [3.05, 3.63) is 35.4 Å². The molecule has 3 nitrogen and oxygen atoms in total. The van der Waals surface area contributed by atoms with Gasteiger partial charge in [-0.15, -0.1) is 11.8 Å². The number of nitrogens with two attached hydrogens (primary N) is 1. The highest BCUT2D eigenvalue weighted by molar-refractivity contribution is 8.01. The molecule has 1 aromatic rings. The highest BCUT2D eigenvalue weighted by Gasteiger charge is 2.12. The lowest BCUT2D eigenvalue weighted by Gasteiger charge is -2.17. The predicted octanol–water partition coefficient (Wildman–Crippen LogP) is 2.29. The van der Waals surface area contributed by atoms with Gasteiger partial charge < -0.3 is 11.1 Å². The van der Waals surface area contributed by atoms with Gasteiger partial charge in [-0.25, -0.2) is 0 Å². The van der Waals surface area contributed by atoms with Crippen molar-refractivity contribution in [1.82, 2.24) is 5.32 Å². The van der Waals surface area contributed by atoms with Gasteiger partial charge in [0.05, 0.1) is 5.75 Å². The summed E-state index contributed by atoms with van der Waals surface area (Å²) in [5.74, 6) is 0.586. The Morgan fingerprint density at radius 3 is 2.28 bits per heavy atom. The second kappa shape index (κ2) is 6.81. The van der Waals surface area contributed by atoms with Crippen molar-refractivity contribution >= 4 is 17.7 Å². The summed E-state index contributed by atoms with van der Waals surface area (Å²) in [5.41, 5.74) is 7.73. The summed E-state index contributed by atoms with van der Waals surface area (Å²) in [6, 6.07) is 7.98. The smallest absolute Gasteiger partial charge is 0.230 e. The molecule has 1 amide bonds. The Bertz CT molecular complexity index is 382. The first-order valence-electron chi connectivity index (χ1n) is 6.09. The van der Waals surface area contributed by atoms with Crippen molar-refractivity contribution in [3.8, 4) is 0 Å². The van der Waals surface area contributed by atoms with Crippen molar-refractivity contribution in [1.29, 1.82) is 0 Å². The minimum atomic E-state index is 0.0813. The van der Waals surface area contributed by atoms with E-state index < -0.39 is 0 Å². The predicted molar refractivity (Wildman–Crippen MR) is 78.4 cm³/mol. The van der Waals surface area contributed by atoms with E-state index in [1.807, 2.05) is 24.3 Å². The number of rotatable bonds is 5. The van der Waals surface area contributed by atoms with Crippen LogP contribution in [0.2, 0.25) is 0 Å². The normalized spacial score (nSPS) is 11.3. The molecule has 0 unspecified atom stereocenters. The number of hydrogen-bond donors (Lipinski definition) is 2. The molecule has 0 fully saturated rings. The first-order valence-corrected chi connectivity index (χ1v) is 7.08. The summed E-state index contributed by atoms with van der Waals surface area (Å²) in [7, 11) is 0. The third-order valence-electron chi connectivity index (χ3n) is 2.38. The quantitative estimate of drug-likeness (QED) is 0.860. The van der Waals surface area contributed by atoms with Gasteiger partial charge in [-0.3, -0.25) is 4.79 Å². The number of benzene rings is 1. The molecule has 18 heavy (non-hydrogen) atoms. The molecule has 0 bridgehead atoms. The first kappa shape index (κ1) is 15.1. The SMILES string of the molecule is CC(C)(C)SCC(=O)NCc1ccc(CN)cc1. The maximum Gasteiger partial charge on any atom is 0.230 e. The van der Waals surface area contributed by atoms with Gasteiger partial charge in [0.25, 0.3) is 0 Å². The van der Waals surface area contributed by atoms with E-state index in [-0.39, 0.29) is 10.7 Å². The molecule has 1 aromatic carbocycles. The molecule has 100 valence electrons. The number of hydrogen-bond acceptors (Lipinski definition) is 3. The fourth-order valence-electron chi connectivity index (χ4n) is 1.33. The van der Waals surface area contributed by atoms with Gasteiger partial charge in [-0.1, -0.05) is 45.0 Å². The largest absolute Gasteiger partial charge is 0.351 e. The Hall–Kier alpha value is -1.00. The number of carbonyl (C=O) groups is 1. The Morgan fingerprint density at radius 1 is 1.22 bits per heavy atom. The second-order valence-corrected chi connectivity index (χ2v) is 7.00. The van der Waals surface area contributed by atoms with Crippen LogP contribution in [0.25, 0.3) is 0 Å². The topological polar surface area (TPSA) is 55.1 Å². The standard InChI is InChI=1S/C14H22N2OS/c1-14(2,3)18-10-13(17)16-9-12-6-4-11(8-15)5-7-12/h4-7H,8-10,15H2,1-3H3,(H,16,17). The minimum Gasteiger partial charge on any atom is -0.351 e. The van der Waals surface area contributed by atoms with E-state index in [1.54, 1.807) is 11.8 Å². The third-order valence-corrected chi connectivity index (χ3v) is 3.66. The van der Waals surface area contributed by atoms with Gasteiger partial charge in [-0.2, -0.15) is 0 Å². The second-order valence-electron chi connectivity index (χ2n) is 5.20. The average Bonchev–Trinajstić information content (AvgIpc) is 2.33. The summed E-state index contributed by atoms with van der Waals surface area (Å²) < 4.78 is 0.125. The van der Waals surface area contributed by atoms with Gasteiger partial charge in [0, 0.05) is 17.8 Å². The molecular weight excluding hydrogens is 244 g/mol. The summed E-state index contributed by atoms with van der Waals surface area (Å²) in [6.07, 6.45) is 0. The van der Waals surface area contributed by atoms with Gasteiger partial charge >= 0.3 is 0 Å². The lowest BCUT2D eigenvalue weighted by molar-refractivity contribution is -0.118. The van der Waals surface area contributed by atoms with Gasteiger partial charge in [0.15, 0.2) is 0 Å². The Morgan fingerprint density at radius 2 is 1.78 bits per heavy atom. The van der Waals surface area contributed by atoms with Crippen molar-refractivity contribution < 1.29 is 4.79 Å². The van der Waals surface area contributed by atoms with Gasteiger partial charge in [0.1, 0.15) is 0 Å². The fourth-order valence-corrected chi connectivity index (χ4v) is 1.99. The van der Waals surface area contributed by atoms with Crippen LogP contribution in [0.15, 0.2) is 24.3 Å². The van der Waals surface area contributed by atoms with Crippen molar-refractivity contribution in [2.24, 2.45) is 5.73 Å². The van der Waals surface area contributed by atoms with E-state index in [2.05, 4.69) is 26.1 Å². The zero-order valence-electron chi connectivity index (χ0n) is 11.3. The summed E-state index contributed by atoms with van der Waals surface area (Å²) in [4.78, 5) is 11.6. The van der Waals surface area contributed by atoms with Crippen molar-refractivity contribution in [3.63, 3.8) is 0 Å². The van der Waals surface area contributed by atoms with Gasteiger partial charge in [-0.05, 0) is 11.1 Å². The molecule has 4 heteroatoms. The van der Waals surface area contributed by atoms with Crippen LogP contribution in [0.5, 0.6) is 0 Å². The molecular formula is C14H22N2OS. The van der Waals surface area contributed by atoms with Crippen molar-refractivity contribution in [2.45, 2.75) is 38.6 Å². The van der Waals surface area contributed by atoms with Crippen LogP contribution in [0.4, 0.5) is 0 Å². The first-order chi connectivity index (χ1) is 8.40. The van der Waals surface area contributed by atoms with Gasteiger partial charge in [0.2, 0.25) is 5.91 Å². The molecule has 0 saturated heterocycles. The summed E-state index contributed by atoms with van der Waals surface area (Å²) in [6.45, 7) is 7.45. The highest BCUT2D eigenvalue weighted by atomic mass is 32.2. The zero-order valence-corrected chi connectivity index (χ0v) is 12.1. The number of nitrogens with one attached hydrogen (secondary N) is 1. The Kier molecular flexibility index (Phi) is 5.69. The summed E-state index contributed by atoms with van der Waals surface area (Å²) >= 11 is 1.65. The third kappa shape index (κ3) is 6.07. The molecule has 1 rings (SSSR count). The maximum absolute atomic E-state index is 11.6. The molecule has 0 aromatic heterocycles. The summed E-state index contributed by atoms with van der Waals surface area (Å²) in [5, 5.41) is 2.92. The monoisotopic (exact) mass is 266 g/mol. The number of thioether (sulfide) groups is 1. The van der Waals surface area contributed by atoms with Crippen LogP contribution < -0.4 is 11.1 Å². The highest BCUT2D eigenvalue weighted by Crippen LogP contribution is 2.22. The van der Waals surface area contributed by atoms with Crippen LogP contribution in [-0.2, 0) is 17.9 Å². The van der Waals surface area contributed by atoms with Crippen LogP contribution in [-0.4, -0.2) is 16.4 Å². The number of amides is 1. The van der Waals surface area contributed by atoms with E-state index >= 15 is 0 Å². The van der Waals surface area contributed by atoms with Crippen LogP contribution in [0, 0.1) is 0 Å². The van der Waals surface area contributed by atoms with E-state index in [1.165, 1.54) is 0 Å².